The Balaban J connectivity index is 1.94. The Labute approximate surface area is 120 Å². The molecule has 0 aliphatic carbocycles. The first-order valence-corrected chi connectivity index (χ1v) is 6.27. The third-order valence-corrected chi connectivity index (χ3v) is 3.29. The van der Waals surface area contributed by atoms with Crippen LogP contribution in [0.2, 0.25) is 0 Å². The van der Waals surface area contributed by atoms with Gasteiger partial charge in [-0.25, -0.2) is 5.01 Å². The second kappa shape index (κ2) is 4.82. The van der Waals surface area contributed by atoms with E-state index in [4.69, 9.17) is 0 Å². The van der Waals surface area contributed by atoms with E-state index < -0.39 is 17.7 Å². The molecule has 0 fully saturated rings. The van der Waals surface area contributed by atoms with Crippen LogP contribution in [0.4, 0.5) is 0 Å². The number of imide groups is 1. The van der Waals surface area contributed by atoms with Gasteiger partial charge in [0.25, 0.3) is 17.7 Å². The number of benzene rings is 1. The van der Waals surface area contributed by atoms with Gasteiger partial charge in [0.1, 0.15) is 0 Å². The molecule has 2 heterocycles. The summed E-state index contributed by atoms with van der Waals surface area (Å²) in [5.74, 6) is -1.45. The summed E-state index contributed by atoms with van der Waals surface area (Å²) < 4.78 is 0. The van der Waals surface area contributed by atoms with Crippen molar-refractivity contribution in [3.05, 3.63) is 65.5 Å². The van der Waals surface area contributed by atoms with Crippen LogP contribution in [-0.2, 0) is 0 Å². The van der Waals surface area contributed by atoms with E-state index in [1.807, 2.05) is 0 Å². The van der Waals surface area contributed by atoms with Crippen LogP contribution in [0.3, 0.4) is 0 Å². The SMILES string of the molecule is CN(C(=O)c1ccncc1)N1C(=O)c2ccccc2C1=O. The zero-order valence-electron chi connectivity index (χ0n) is 11.2. The Morgan fingerprint density at radius 1 is 1.00 bits per heavy atom. The Morgan fingerprint density at radius 3 is 2.05 bits per heavy atom. The topological polar surface area (TPSA) is 70.6 Å². The molecule has 0 atom stereocenters. The van der Waals surface area contributed by atoms with Crippen molar-refractivity contribution in [2.75, 3.05) is 7.05 Å². The fraction of sp³-hybridized carbons (Fsp3) is 0.0667. The number of hydrogen-bond acceptors (Lipinski definition) is 4. The minimum Gasteiger partial charge on any atom is -0.267 e. The molecule has 0 saturated heterocycles. The Bertz CT molecular complexity index is 708. The van der Waals surface area contributed by atoms with Gasteiger partial charge in [-0.05, 0) is 24.3 Å². The second-order valence-corrected chi connectivity index (χ2v) is 4.53. The van der Waals surface area contributed by atoms with E-state index in [0.29, 0.717) is 16.7 Å². The van der Waals surface area contributed by atoms with Crippen molar-refractivity contribution in [1.82, 2.24) is 15.0 Å². The summed E-state index contributed by atoms with van der Waals surface area (Å²) in [6, 6.07) is 9.55. The molecule has 0 radical (unpaired) electrons. The Morgan fingerprint density at radius 2 is 1.52 bits per heavy atom. The predicted octanol–water partition coefficient (Wildman–Crippen LogP) is 1.36. The number of pyridine rings is 1. The third-order valence-electron chi connectivity index (χ3n) is 3.29. The van der Waals surface area contributed by atoms with E-state index >= 15 is 0 Å². The molecule has 1 aliphatic heterocycles. The van der Waals surface area contributed by atoms with E-state index in [2.05, 4.69) is 4.98 Å². The van der Waals surface area contributed by atoms with Crippen LogP contribution < -0.4 is 0 Å². The van der Waals surface area contributed by atoms with Gasteiger partial charge >= 0.3 is 0 Å². The summed E-state index contributed by atoms with van der Waals surface area (Å²) in [7, 11) is 1.39. The van der Waals surface area contributed by atoms with Crippen LogP contribution in [0.1, 0.15) is 31.1 Å². The van der Waals surface area contributed by atoms with Crippen LogP contribution in [0.15, 0.2) is 48.8 Å². The lowest BCUT2D eigenvalue weighted by Gasteiger charge is -2.25. The lowest BCUT2D eigenvalue weighted by molar-refractivity contribution is 0.0128. The summed E-state index contributed by atoms with van der Waals surface area (Å²) in [4.78, 5) is 40.7. The molecule has 0 N–H and O–H groups in total. The highest BCUT2D eigenvalue weighted by molar-refractivity contribution is 6.22. The molecule has 3 amide bonds. The number of carbonyl (C=O) groups is 3. The Kier molecular flexibility index (Phi) is 2.98. The van der Waals surface area contributed by atoms with Gasteiger partial charge in [-0.2, -0.15) is 5.01 Å². The first-order chi connectivity index (χ1) is 10.1. The van der Waals surface area contributed by atoms with Crippen LogP contribution in [0.5, 0.6) is 0 Å². The number of aromatic nitrogens is 1. The van der Waals surface area contributed by atoms with E-state index in [0.717, 1.165) is 10.0 Å². The van der Waals surface area contributed by atoms with Crippen molar-refractivity contribution in [3.8, 4) is 0 Å². The normalized spacial score (nSPS) is 13.3. The maximum absolute atomic E-state index is 12.3. The van der Waals surface area contributed by atoms with Gasteiger partial charge in [-0.15, -0.1) is 0 Å². The molecule has 6 nitrogen and oxygen atoms in total. The number of amides is 3. The van der Waals surface area contributed by atoms with Crippen molar-refractivity contribution < 1.29 is 14.4 Å². The largest absolute Gasteiger partial charge is 0.280 e. The summed E-state index contributed by atoms with van der Waals surface area (Å²) in [5.41, 5.74) is 0.956. The summed E-state index contributed by atoms with van der Waals surface area (Å²) in [6.45, 7) is 0. The van der Waals surface area contributed by atoms with Gasteiger partial charge in [0.2, 0.25) is 0 Å². The van der Waals surface area contributed by atoms with Crippen molar-refractivity contribution in [2.45, 2.75) is 0 Å². The van der Waals surface area contributed by atoms with Crippen molar-refractivity contribution in [2.24, 2.45) is 0 Å². The van der Waals surface area contributed by atoms with E-state index in [9.17, 15) is 14.4 Å². The van der Waals surface area contributed by atoms with Crippen molar-refractivity contribution in [1.29, 1.82) is 0 Å². The van der Waals surface area contributed by atoms with Gasteiger partial charge in [0.15, 0.2) is 0 Å². The first kappa shape index (κ1) is 13.0. The molecule has 0 saturated carbocycles. The molecule has 104 valence electrons. The molecule has 0 bridgehead atoms. The molecule has 1 aliphatic rings. The first-order valence-electron chi connectivity index (χ1n) is 6.27. The molecule has 2 aromatic rings. The minimum absolute atomic E-state index is 0.303. The highest BCUT2D eigenvalue weighted by Crippen LogP contribution is 2.24. The smallest absolute Gasteiger partial charge is 0.267 e. The van der Waals surface area contributed by atoms with Gasteiger partial charge in [-0.1, -0.05) is 12.1 Å². The average Bonchev–Trinajstić information content (AvgIpc) is 2.79. The van der Waals surface area contributed by atoms with Gasteiger partial charge in [0, 0.05) is 25.0 Å². The lowest BCUT2D eigenvalue weighted by Crippen LogP contribution is -2.47. The zero-order chi connectivity index (χ0) is 15.0. The van der Waals surface area contributed by atoms with Crippen molar-refractivity contribution in [3.63, 3.8) is 0 Å². The maximum atomic E-state index is 12.3. The molecular formula is C15H11N3O3. The molecule has 0 spiro atoms. The predicted molar refractivity (Wildman–Crippen MR) is 73.3 cm³/mol. The van der Waals surface area contributed by atoms with Crippen LogP contribution >= 0.6 is 0 Å². The lowest BCUT2D eigenvalue weighted by atomic mass is 10.1. The molecule has 3 rings (SSSR count). The molecule has 6 heteroatoms. The number of rotatable bonds is 2. The van der Waals surface area contributed by atoms with E-state index in [1.165, 1.54) is 31.6 Å². The molecule has 0 unspecified atom stereocenters. The van der Waals surface area contributed by atoms with Crippen molar-refractivity contribution >= 4 is 17.7 Å². The summed E-state index contributed by atoms with van der Waals surface area (Å²) >= 11 is 0. The minimum atomic E-state index is -0.500. The average molecular weight is 281 g/mol. The highest BCUT2D eigenvalue weighted by atomic mass is 16.2. The van der Waals surface area contributed by atoms with Gasteiger partial charge < -0.3 is 0 Å². The number of carbonyl (C=O) groups excluding carboxylic acids is 3. The second-order valence-electron chi connectivity index (χ2n) is 4.53. The number of hydrogen-bond donors (Lipinski definition) is 0. The Hall–Kier alpha value is -3.02. The standard InChI is InChI=1S/C15H11N3O3/c1-17(13(19)10-6-8-16-9-7-10)18-14(20)11-4-2-3-5-12(11)15(18)21/h2-9H,1H3. The molecule has 21 heavy (non-hydrogen) atoms. The molecule has 1 aromatic heterocycles. The van der Waals surface area contributed by atoms with E-state index in [-0.39, 0.29) is 0 Å². The fourth-order valence-corrected chi connectivity index (χ4v) is 2.22. The van der Waals surface area contributed by atoms with Crippen LogP contribution in [-0.4, -0.2) is 39.8 Å². The monoisotopic (exact) mass is 281 g/mol. The quantitative estimate of drug-likeness (QED) is 0.779. The number of nitrogens with zero attached hydrogens (tertiary/aromatic N) is 3. The number of fused-ring (bicyclic) bond motifs is 1. The molecule has 1 aromatic carbocycles. The fourth-order valence-electron chi connectivity index (χ4n) is 2.22. The van der Waals surface area contributed by atoms with Gasteiger partial charge in [0.05, 0.1) is 11.1 Å². The van der Waals surface area contributed by atoms with Crippen LogP contribution in [0.25, 0.3) is 0 Å². The van der Waals surface area contributed by atoms with E-state index in [1.54, 1.807) is 24.3 Å². The third kappa shape index (κ3) is 1.97. The summed E-state index contributed by atoms with van der Waals surface area (Å²) in [5, 5.41) is 1.88. The van der Waals surface area contributed by atoms with Gasteiger partial charge in [-0.3, -0.25) is 19.4 Å². The zero-order valence-corrected chi connectivity index (χ0v) is 11.2. The maximum Gasteiger partial charge on any atom is 0.280 e. The van der Waals surface area contributed by atoms with Crippen LogP contribution in [0, 0.1) is 0 Å². The highest BCUT2D eigenvalue weighted by Gasteiger charge is 2.39. The number of hydrazine groups is 1. The molecular weight excluding hydrogens is 270 g/mol. The summed E-state index contributed by atoms with van der Waals surface area (Å²) in [6.07, 6.45) is 2.95.